The molecule has 0 aromatic heterocycles. The van der Waals surface area contributed by atoms with E-state index in [0.717, 1.165) is 39.1 Å². The first-order chi connectivity index (χ1) is 9.27. The molecular formula is C14H29Cl2N3O2. The van der Waals surface area contributed by atoms with Gasteiger partial charge in [-0.15, -0.1) is 24.8 Å². The van der Waals surface area contributed by atoms with Crippen molar-refractivity contribution in [3.8, 4) is 0 Å². The minimum absolute atomic E-state index is 0. The van der Waals surface area contributed by atoms with Gasteiger partial charge in [0.05, 0.1) is 0 Å². The van der Waals surface area contributed by atoms with E-state index in [1.54, 1.807) is 0 Å². The van der Waals surface area contributed by atoms with E-state index in [4.69, 9.17) is 4.74 Å². The number of nitrogens with zero attached hydrogens (tertiary/aromatic N) is 1. The predicted octanol–water partition coefficient (Wildman–Crippen LogP) is 1.20. The highest BCUT2D eigenvalue weighted by molar-refractivity contribution is 5.85. The van der Waals surface area contributed by atoms with Crippen LogP contribution in [-0.4, -0.2) is 62.8 Å². The van der Waals surface area contributed by atoms with Crippen molar-refractivity contribution in [1.29, 1.82) is 0 Å². The number of halogens is 2. The summed E-state index contributed by atoms with van der Waals surface area (Å²) < 4.78 is 5.51. The molecule has 0 spiro atoms. The lowest BCUT2D eigenvalue weighted by molar-refractivity contribution is -0.122. The van der Waals surface area contributed by atoms with Gasteiger partial charge in [-0.3, -0.25) is 9.69 Å². The van der Waals surface area contributed by atoms with Gasteiger partial charge in [0.2, 0.25) is 5.91 Å². The summed E-state index contributed by atoms with van der Waals surface area (Å²) in [5.74, 6) is 0.152. The third-order valence-electron chi connectivity index (χ3n) is 4.42. The molecule has 2 fully saturated rings. The van der Waals surface area contributed by atoms with Crippen LogP contribution in [0.2, 0.25) is 0 Å². The minimum atomic E-state index is 0. The van der Waals surface area contributed by atoms with E-state index >= 15 is 0 Å². The quantitative estimate of drug-likeness (QED) is 0.762. The molecule has 2 rings (SSSR count). The maximum Gasteiger partial charge on any atom is 0.221 e. The van der Waals surface area contributed by atoms with Crippen molar-refractivity contribution in [2.75, 3.05) is 46.4 Å². The number of hydrogen-bond donors (Lipinski definition) is 2. The summed E-state index contributed by atoms with van der Waals surface area (Å²) in [6.45, 7) is 5.51. The molecule has 0 saturated carbocycles. The van der Waals surface area contributed by atoms with Crippen LogP contribution >= 0.6 is 24.8 Å². The molecule has 21 heavy (non-hydrogen) atoms. The van der Waals surface area contributed by atoms with Crippen LogP contribution < -0.4 is 10.6 Å². The molecule has 0 atom stereocenters. The van der Waals surface area contributed by atoms with Crippen LogP contribution in [0.5, 0.6) is 0 Å². The number of amides is 1. The third kappa shape index (κ3) is 5.91. The number of rotatable bonds is 6. The lowest BCUT2D eigenvalue weighted by Gasteiger charge is -2.44. The summed E-state index contributed by atoms with van der Waals surface area (Å²) in [7, 11) is 1.87. The van der Waals surface area contributed by atoms with Crippen LogP contribution in [-0.2, 0) is 9.53 Å². The van der Waals surface area contributed by atoms with Gasteiger partial charge in [0.15, 0.2) is 0 Å². The molecule has 1 amide bonds. The lowest BCUT2D eigenvalue weighted by atomic mass is 9.88. The van der Waals surface area contributed by atoms with Crippen LogP contribution in [0.25, 0.3) is 0 Å². The fourth-order valence-corrected chi connectivity index (χ4v) is 3.14. The van der Waals surface area contributed by atoms with Crippen LogP contribution in [0.1, 0.15) is 32.1 Å². The van der Waals surface area contributed by atoms with Crippen LogP contribution in [0.4, 0.5) is 0 Å². The van der Waals surface area contributed by atoms with Gasteiger partial charge in [-0.2, -0.15) is 0 Å². The number of hydrogen-bond acceptors (Lipinski definition) is 4. The van der Waals surface area contributed by atoms with E-state index in [1.165, 1.54) is 25.9 Å². The molecule has 5 nitrogen and oxygen atoms in total. The normalized spacial score (nSPS) is 21.2. The SMILES string of the molecule is CNCCC(=O)NCC1(N2CCCC2)CCOCC1.Cl.Cl. The molecule has 2 aliphatic rings. The summed E-state index contributed by atoms with van der Waals surface area (Å²) in [4.78, 5) is 14.4. The van der Waals surface area contributed by atoms with Crippen LogP contribution in [0.15, 0.2) is 0 Å². The van der Waals surface area contributed by atoms with Gasteiger partial charge in [-0.25, -0.2) is 0 Å². The molecule has 0 radical (unpaired) electrons. The maximum absolute atomic E-state index is 11.8. The Morgan fingerprint density at radius 2 is 1.81 bits per heavy atom. The number of carbonyl (C=O) groups excluding carboxylic acids is 1. The van der Waals surface area contributed by atoms with E-state index < -0.39 is 0 Å². The molecule has 0 aliphatic carbocycles. The average molecular weight is 342 g/mol. The van der Waals surface area contributed by atoms with E-state index in [0.29, 0.717) is 6.42 Å². The number of ether oxygens (including phenoxy) is 1. The van der Waals surface area contributed by atoms with E-state index in [1.807, 2.05) is 7.05 Å². The Morgan fingerprint density at radius 3 is 2.38 bits per heavy atom. The summed E-state index contributed by atoms with van der Waals surface area (Å²) in [5.41, 5.74) is 0.143. The zero-order valence-corrected chi connectivity index (χ0v) is 14.5. The second-order valence-corrected chi connectivity index (χ2v) is 5.66. The number of nitrogens with one attached hydrogen (secondary N) is 2. The van der Waals surface area contributed by atoms with Crippen molar-refractivity contribution in [2.45, 2.75) is 37.6 Å². The highest BCUT2D eigenvalue weighted by atomic mass is 35.5. The lowest BCUT2D eigenvalue weighted by Crippen LogP contribution is -2.57. The highest BCUT2D eigenvalue weighted by Gasteiger charge is 2.39. The summed E-state index contributed by atoms with van der Waals surface area (Å²) in [6.07, 6.45) is 5.22. The zero-order chi connectivity index (χ0) is 13.6. The van der Waals surface area contributed by atoms with Gasteiger partial charge in [0.1, 0.15) is 0 Å². The number of carbonyl (C=O) groups is 1. The van der Waals surface area contributed by atoms with E-state index in [2.05, 4.69) is 15.5 Å². The van der Waals surface area contributed by atoms with Crippen molar-refractivity contribution in [3.63, 3.8) is 0 Å². The van der Waals surface area contributed by atoms with Crippen molar-refractivity contribution in [3.05, 3.63) is 0 Å². The highest BCUT2D eigenvalue weighted by Crippen LogP contribution is 2.30. The fourth-order valence-electron chi connectivity index (χ4n) is 3.14. The topological polar surface area (TPSA) is 53.6 Å². The molecule has 0 aromatic carbocycles. The standard InChI is InChI=1S/C14H27N3O2.2ClH/c1-15-7-4-13(18)16-12-14(5-10-19-11-6-14)17-8-2-3-9-17;;/h15H,2-12H2,1H3,(H,16,18);2*1H. The molecule has 0 unspecified atom stereocenters. The maximum atomic E-state index is 11.8. The Morgan fingerprint density at radius 1 is 1.19 bits per heavy atom. The Kier molecular flexibility index (Phi) is 10.6. The van der Waals surface area contributed by atoms with Crippen LogP contribution in [0.3, 0.4) is 0 Å². The Bertz CT molecular complexity index is 294. The molecule has 2 saturated heterocycles. The molecule has 126 valence electrons. The second kappa shape index (κ2) is 10.6. The number of likely N-dealkylation sites (tertiary alicyclic amines) is 1. The zero-order valence-electron chi connectivity index (χ0n) is 12.9. The van der Waals surface area contributed by atoms with Gasteiger partial charge >= 0.3 is 0 Å². The van der Waals surface area contributed by atoms with Crippen molar-refractivity contribution >= 4 is 30.7 Å². The molecule has 0 aromatic rings. The molecular weight excluding hydrogens is 313 g/mol. The Balaban J connectivity index is 0.00000200. The molecule has 7 heteroatoms. The smallest absolute Gasteiger partial charge is 0.221 e. The Labute approximate surface area is 140 Å². The summed E-state index contributed by atoms with van der Waals surface area (Å²) in [5, 5.41) is 6.14. The molecule has 2 aliphatic heterocycles. The third-order valence-corrected chi connectivity index (χ3v) is 4.42. The molecule has 0 bridgehead atoms. The average Bonchev–Trinajstić information content (AvgIpc) is 2.98. The fraction of sp³-hybridized carbons (Fsp3) is 0.929. The van der Waals surface area contributed by atoms with Crippen molar-refractivity contribution in [1.82, 2.24) is 15.5 Å². The minimum Gasteiger partial charge on any atom is -0.381 e. The van der Waals surface area contributed by atoms with Gasteiger partial charge in [0, 0.05) is 38.3 Å². The molecule has 2 N–H and O–H groups in total. The van der Waals surface area contributed by atoms with E-state index in [9.17, 15) is 4.79 Å². The van der Waals surface area contributed by atoms with Crippen molar-refractivity contribution in [2.24, 2.45) is 0 Å². The first-order valence-corrected chi connectivity index (χ1v) is 7.51. The van der Waals surface area contributed by atoms with E-state index in [-0.39, 0.29) is 36.3 Å². The summed E-state index contributed by atoms with van der Waals surface area (Å²) >= 11 is 0. The summed E-state index contributed by atoms with van der Waals surface area (Å²) in [6, 6.07) is 0. The van der Waals surface area contributed by atoms with Gasteiger partial charge in [0.25, 0.3) is 0 Å². The van der Waals surface area contributed by atoms with Crippen molar-refractivity contribution < 1.29 is 9.53 Å². The largest absolute Gasteiger partial charge is 0.381 e. The first kappa shape index (κ1) is 20.9. The molecule has 2 heterocycles. The predicted molar refractivity (Wildman–Crippen MR) is 89.6 cm³/mol. The first-order valence-electron chi connectivity index (χ1n) is 7.51. The second-order valence-electron chi connectivity index (χ2n) is 5.66. The Hall–Kier alpha value is -0.0700. The van der Waals surface area contributed by atoms with Gasteiger partial charge in [-0.05, 0) is 45.8 Å². The van der Waals surface area contributed by atoms with Crippen LogP contribution in [0, 0.1) is 0 Å². The monoisotopic (exact) mass is 341 g/mol. The van der Waals surface area contributed by atoms with Gasteiger partial charge < -0.3 is 15.4 Å². The van der Waals surface area contributed by atoms with Gasteiger partial charge in [-0.1, -0.05) is 0 Å².